The molecule has 0 saturated heterocycles. The monoisotopic (exact) mass is 275 g/mol. The summed E-state index contributed by atoms with van der Waals surface area (Å²) in [7, 11) is 1.65. The van der Waals surface area contributed by atoms with E-state index in [0.717, 1.165) is 31.1 Å². The topological polar surface area (TPSA) is 48.3 Å². The summed E-state index contributed by atoms with van der Waals surface area (Å²) in [6.45, 7) is 5.21. The van der Waals surface area contributed by atoms with Gasteiger partial charge in [0.25, 0.3) is 0 Å². The highest BCUT2D eigenvalue weighted by molar-refractivity contribution is 5.42. The average molecular weight is 275 g/mol. The van der Waals surface area contributed by atoms with Gasteiger partial charge in [-0.25, -0.2) is 4.98 Å². The summed E-state index contributed by atoms with van der Waals surface area (Å²) >= 11 is 0. The van der Waals surface area contributed by atoms with Crippen molar-refractivity contribution in [3.63, 3.8) is 0 Å². The van der Waals surface area contributed by atoms with Gasteiger partial charge in [-0.1, -0.05) is 13.0 Å². The van der Waals surface area contributed by atoms with Crippen molar-refractivity contribution in [3.8, 4) is 11.5 Å². The highest BCUT2D eigenvalue weighted by Crippen LogP contribution is 2.28. The first kappa shape index (κ1) is 14.4. The molecule has 0 saturated carbocycles. The van der Waals surface area contributed by atoms with Crippen molar-refractivity contribution in [2.24, 2.45) is 0 Å². The number of aromatic nitrogens is 2. The number of ether oxygens (including phenoxy) is 2. The Hall–Kier alpha value is -2.01. The fourth-order valence-electron chi connectivity index (χ4n) is 1.89. The van der Waals surface area contributed by atoms with Crippen molar-refractivity contribution in [1.29, 1.82) is 0 Å². The highest BCUT2D eigenvalue weighted by atomic mass is 16.5. The third-order valence-corrected chi connectivity index (χ3v) is 2.97. The molecule has 1 heterocycles. The second kappa shape index (κ2) is 7.55. The summed E-state index contributed by atoms with van der Waals surface area (Å²) in [5, 5.41) is 3.30. The van der Waals surface area contributed by atoms with E-state index >= 15 is 0 Å². The van der Waals surface area contributed by atoms with Crippen LogP contribution in [0.1, 0.15) is 12.5 Å². The zero-order valence-electron chi connectivity index (χ0n) is 12.0. The van der Waals surface area contributed by atoms with E-state index in [1.807, 2.05) is 29.0 Å². The Labute approximate surface area is 119 Å². The lowest BCUT2D eigenvalue weighted by molar-refractivity contribution is 0.279. The molecule has 0 radical (unpaired) electrons. The lowest BCUT2D eigenvalue weighted by atomic mass is 10.2. The van der Waals surface area contributed by atoms with Gasteiger partial charge in [-0.3, -0.25) is 0 Å². The summed E-state index contributed by atoms with van der Waals surface area (Å²) in [5.74, 6) is 1.54. The van der Waals surface area contributed by atoms with Gasteiger partial charge < -0.3 is 19.4 Å². The molecule has 0 aliphatic carbocycles. The standard InChI is InChI=1S/C15H21N3O2/c1-3-16-11-13-4-5-14(19-2)15(10-13)20-9-8-18-7-6-17-12-18/h4-7,10,12,16H,3,8-9,11H2,1-2H3. The zero-order chi connectivity index (χ0) is 14.2. The number of rotatable bonds is 8. The molecule has 108 valence electrons. The SMILES string of the molecule is CCNCc1ccc(OC)c(OCCn2ccnc2)c1. The van der Waals surface area contributed by atoms with Crippen LogP contribution in [0.15, 0.2) is 36.9 Å². The molecule has 2 rings (SSSR count). The van der Waals surface area contributed by atoms with E-state index in [1.165, 1.54) is 5.56 Å². The first-order valence-corrected chi connectivity index (χ1v) is 6.79. The second-order valence-corrected chi connectivity index (χ2v) is 4.41. The molecule has 0 bridgehead atoms. The number of imidazole rings is 1. The fraction of sp³-hybridized carbons (Fsp3) is 0.400. The second-order valence-electron chi connectivity index (χ2n) is 4.41. The van der Waals surface area contributed by atoms with E-state index in [-0.39, 0.29) is 0 Å². The van der Waals surface area contributed by atoms with E-state index in [0.29, 0.717) is 6.61 Å². The zero-order valence-corrected chi connectivity index (χ0v) is 12.0. The maximum absolute atomic E-state index is 5.82. The Kier molecular flexibility index (Phi) is 5.43. The van der Waals surface area contributed by atoms with Gasteiger partial charge in [0.2, 0.25) is 0 Å². The van der Waals surface area contributed by atoms with Gasteiger partial charge in [0.1, 0.15) is 6.61 Å². The molecule has 0 amide bonds. The Morgan fingerprint density at radius 1 is 1.30 bits per heavy atom. The van der Waals surface area contributed by atoms with Crippen LogP contribution in [0.4, 0.5) is 0 Å². The van der Waals surface area contributed by atoms with Crippen LogP contribution in [0.3, 0.4) is 0 Å². The summed E-state index contributed by atoms with van der Waals surface area (Å²) in [6, 6.07) is 6.01. The molecule has 1 aromatic carbocycles. The van der Waals surface area contributed by atoms with Crippen LogP contribution in [0.2, 0.25) is 0 Å². The lowest BCUT2D eigenvalue weighted by Crippen LogP contribution is -2.12. The van der Waals surface area contributed by atoms with Gasteiger partial charge in [0.05, 0.1) is 20.0 Å². The lowest BCUT2D eigenvalue weighted by Gasteiger charge is -2.13. The highest BCUT2D eigenvalue weighted by Gasteiger charge is 2.05. The predicted molar refractivity (Wildman–Crippen MR) is 78.1 cm³/mol. The Balaban J connectivity index is 1.96. The largest absolute Gasteiger partial charge is 0.493 e. The molecule has 1 N–H and O–H groups in total. The average Bonchev–Trinajstić information content (AvgIpc) is 2.98. The third-order valence-electron chi connectivity index (χ3n) is 2.97. The Bertz CT molecular complexity index is 512. The Morgan fingerprint density at radius 2 is 2.20 bits per heavy atom. The Morgan fingerprint density at radius 3 is 2.90 bits per heavy atom. The van der Waals surface area contributed by atoms with E-state index < -0.39 is 0 Å². The molecule has 5 heteroatoms. The maximum atomic E-state index is 5.82. The normalized spacial score (nSPS) is 10.5. The number of nitrogens with one attached hydrogen (secondary N) is 1. The van der Waals surface area contributed by atoms with Gasteiger partial charge in [-0.2, -0.15) is 0 Å². The van der Waals surface area contributed by atoms with Gasteiger partial charge >= 0.3 is 0 Å². The van der Waals surface area contributed by atoms with Crippen molar-refractivity contribution < 1.29 is 9.47 Å². The van der Waals surface area contributed by atoms with Gasteiger partial charge in [0.15, 0.2) is 11.5 Å². The van der Waals surface area contributed by atoms with Crippen molar-refractivity contribution in [2.75, 3.05) is 20.3 Å². The van der Waals surface area contributed by atoms with E-state index in [2.05, 4.69) is 17.2 Å². The maximum Gasteiger partial charge on any atom is 0.161 e. The molecule has 0 unspecified atom stereocenters. The number of benzene rings is 1. The summed E-state index contributed by atoms with van der Waals surface area (Å²) in [6.07, 6.45) is 5.46. The van der Waals surface area contributed by atoms with Crippen molar-refractivity contribution in [3.05, 3.63) is 42.5 Å². The smallest absolute Gasteiger partial charge is 0.161 e. The van der Waals surface area contributed by atoms with Crippen LogP contribution in [0.5, 0.6) is 11.5 Å². The molecule has 0 aliphatic rings. The molecule has 0 aliphatic heterocycles. The summed E-state index contributed by atoms with van der Waals surface area (Å²) in [4.78, 5) is 4.00. The van der Waals surface area contributed by atoms with Crippen LogP contribution in [-0.4, -0.2) is 29.8 Å². The van der Waals surface area contributed by atoms with Crippen LogP contribution in [0.25, 0.3) is 0 Å². The van der Waals surface area contributed by atoms with Gasteiger partial charge in [-0.05, 0) is 24.2 Å². The van der Waals surface area contributed by atoms with Crippen molar-refractivity contribution in [2.45, 2.75) is 20.0 Å². The third kappa shape index (κ3) is 3.99. The van der Waals surface area contributed by atoms with Crippen LogP contribution < -0.4 is 14.8 Å². The number of nitrogens with zero attached hydrogens (tertiary/aromatic N) is 2. The summed E-state index contributed by atoms with van der Waals surface area (Å²) in [5.41, 5.74) is 1.19. The number of hydrogen-bond donors (Lipinski definition) is 1. The van der Waals surface area contributed by atoms with E-state index in [9.17, 15) is 0 Å². The van der Waals surface area contributed by atoms with E-state index in [4.69, 9.17) is 9.47 Å². The summed E-state index contributed by atoms with van der Waals surface area (Å²) < 4.78 is 13.1. The molecule has 2 aromatic rings. The molecule has 1 aromatic heterocycles. The minimum absolute atomic E-state index is 0.581. The molecule has 0 atom stereocenters. The molecular weight excluding hydrogens is 254 g/mol. The minimum atomic E-state index is 0.581. The number of methoxy groups -OCH3 is 1. The van der Waals surface area contributed by atoms with Gasteiger partial charge in [-0.15, -0.1) is 0 Å². The first-order valence-electron chi connectivity index (χ1n) is 6.79. The van der Waals surface area contributed by atoms with Crippen molar-refractivity contribution >= 4 is 0 Å². The quantitative estimate of drug-likeness (QED) is 0.801. The van der Waals surface area contributed by atoms with Crippen LogP contribution >= 0.6 is 0 Å². The van der Waals surface area contributed by atoms with Crippen molar-refractivity contribution in [1.82, 2.24) is 14.9 Å². The van der Waals surface area contributed by atoms with Crippen LogP contribution in [0, 0.1) is 0 Å². The predicted octanol–water partition coefficient (Wildman–Crippen LogP) is 2.08. The van der Waals surface area contributed by atoms with Gasteiger partial charge in [0, 0.05) is 18.9 Å². The molecule has 0 fully saturated rings. The first-order chi connectivity index (χ1) is 9.83. The van der Waals surface area contributed by atoms with Crippen LogP contribution in [-0.2, 0) is 13.1 Å². The molecule has 20 heavy (non-hydrogen) atoms. The van der Waals surface area contributed by atoms with E-state index in [1.54, 1.807) is 19.6 Å². The molecule has 0 spiro atoms. The fourth-order valence-corrected chi connectivity index (χ4v) is 1.89. The molecular formula is C15H21N3O2. The molecule has 5 nitrogen and oxygen atoms in total. The number of hydrogen-bond acceptors (Lipinski definition) is 4. The minimum Gasteiger partial charge on any atom is -0.493 e.